The number of carbonyl (C=O) groups excluding carboxylic acids is 1. The van der Waals surface area contributed by atoms with E-state index in [2.05, 4.69) is 11.4 Å². The van der Waals surface area contributed by atoms with Crippen LogP contribution in [0.5, 0.6) is 5.75 Å². The Balaban J connectivity index is 1.98. The molecule has 1 unspecified atom stereocenters. The van der Waals surface area contributed by atoms with E-state index >= 15 is 0 Å². The number of amides is 1. The van der Waals surface area contributed by atoms with Gasteiger partial charge in [-0.15, -0.1) is 0 Å². The van der Waals surface area contributed by atoms with E-state index in [1.165, 1.54) is 23.3 Å². The number of nitrogens with one attached hydrogen (secondary N) is 2. The van der Waals surface area contributed by atoms with Gasteiger partial charge < -0.3 is 15.0 Å². The van der Waals surface area contributed by atoms with Gasteiger partial charge in [-0.3, -0.25) is 4.79 Å². The fraction of sp³-hybridized carbons (Fsp3) is 0.579. The Labute approximate surface area is 144 Å². The lowest BCUT2D eigenvalue weighted by atomic mass is 9.90. The summed E-state index contributed by atoms with van der Waals surface area (Å²) in [5.74, 6) is 0.853. The van der Waals surface area contributed by atoms with Crippen LogP contribution < -0.4 is 15.0 Å². The summed E-state index contributed by atoms with van der Waals surface area (Å²) in [6, 6.07) is 10.8. The highest BCUT2D eigenvalue weighted by atomic mass is 16.5. The molecule has 5 heteroatoms. The van der Waals surface area contributed by atoms with Gasteiger partial charge in [0.25, 0.3) is 5.91 Å². The third-order valence-corrected chi connectivity index (χ3v) is 4.92. The minimum absolute atomic E-state index is 0.0526. The van der Waals surface area contributed by atoms with E-state index in [0.717, 1.165) is 12.3 Å². The molecule has 2 rings (SSSR count). The van der Waals surface area contributed by atoms with Crippen LogP contribution in [-0.4, -0.2) is 31.1 Å². The summed E-state index contributed by atoms with van der Waals surface area (Å²) in [5, 5.41) is 12.3. The molecule has 1 amide bonds. The van der Waals surface area contributed by atoms with Gasteiger partial charge in [0, 0.05) is 18.4 Å². The SMILES string of the molecule is COc1ccc(C[NH+](CC(=O)N[C@@](C)(C#N)C(C)C)C2CC2)cc1. The van der Waals surface area contributed by atoms with Crippen molar-refractivity contribution in [2.75, 3.05) is 13.7 Å². The van der Waals surface area contributed by atoms with E-state index in [9.17, 15) is 10.1 Å². The molecule has 0 radical (unpaired) electrons. The molecule has 1 aliphatic carbocycles. The molecule has 1 saturated carbocycles. The molecule has 1 aromatic carbocycles. The number of carbonyl (C=O) groups is 1. The number of rotatable bonds is 8. The summed E-state index contributed by atoms with van der Waals surface area (Å²) in [4.78, 5) is 13.7. The summed E-state index contributed by atoms with van der Waals surface area (Å²) in [6.07, 6.45) is 2.33. The van der Waals surface area contributed by atoms with Gasteiger partial charge in [0.15, 0.2) is 6.54 Å². The fourth-order valence-electron chi connectivity index (χ4n) is 2.69. The first kappa shape index (κ1) is 18.3. The van der Waals surface area contributed by atoms with Crippen molar-refractivity contribution in [2.45, 2.75) is 51.7 Å². The lowest BCUT2D eigenvalue weighted by Crippen LogP contribution is -3.13. The van der Waals surface area contributed by atoms with Crippen LogP contribution in [0.15, 0.2) is 24.3 Å². The highest BCUT2D eigenvalue weighted by Gasteiger charge is 2.36. The van der Waals surface area contributed by atoms with E-state index in [1.54, 1.807) is 14.0 Å². The van der Waals surface area contributed by atoms with Crippen molar-refractivity contribution in [1.82, 2.24) is 5.32 Å². The van der Waals surface area contributed by atoms with Crippen LogP contribution >= 0.6 is 0 Å². The molecule has 2 N–H and O–H groups in total. The third-order valence-electron chi connectivity index (χ3n) is 4.92. The molecule has 0 aliphatic heterocycles. The summed E-state index contributed by atoms with van der Waals surface area (Å²) in [7, 11) is 1.65. The van der Waals surface area contributed by atoms with E-state index < -0.39 is 5.54 Å². The number of benzene rings is 1. The zero-order valence-corrected chi connectivity index (χ0v) is 15.1. The summed E-state index contributed by atoms with van der Waals surface area (Å²) < 4.78 is 5.19. The molecular weight excluding hydrogens is 302 g/mol. The molecule has 0 aromatic heterocycles. The highest BCUT2D eigenvalue weighted by Crippen LogP contribution is 2.17. The Morgan fingerprint density at radius 3 is 2.50 bits per heavy atom. The normalized spacial score (nSPS) is 17.7. The zero-order valence-electron chi connectivity index (χ0n) is 15.1. The van der Waals surface area contributed by atoms with Crippen LogP contribution in [0.2, 0.25) is 0 Å². The minimum Gasteiger partial charge on any atom is -0.497 e. The van der Waals surface area contributed by atoms with Gasteiger partial charge in [0.05, 0.1) is 19.2 Å². The molecule has 1 fully saturated rings. The van der Waals surface area contributed by atoms with Crippen LogP contribution in [0, 0.1) is 17.2 Å². The smallest absolute Gasteiger partial charge is 0.276 e. The van der Waals surface area contributed by atoms with Gasteiger partial charge in [-0.25, -0.2) is 0 Å². The Kier molecular flexibility index (Phi) is 5.84. The first-order chi connectivity index (χ1) is 11.4. The largest absolute Gasteiger partial charge is 0.497 e. The monoisotopic (exact) mass is 330 g/mol. The topological polar surface area (TPSA) is 66.6 Å². The number of ether oxygens (including phenoxy) is 1. The van der Waals surface area contributed by atoms with Crippen molar-refractivity contribution < 1.29 is 14.4 Å². The number of quaternary nitrogens is 1. The van der Waals surface area contributed by atoms with E-state index in [1.807, 2.05) is 38.1 Å². The van der Waals surface area contributed by atoms with Crippen molar-refractivity contribution in [3.63, 3.8) is 0 Å². The van der Waals surface area contributed by atoms with Crippen LogP contribution in [-0.2, 0) is 11.3 Å². The fourth-order valence-corrected chi connectivity index (χ4v) is 2.69. The Morgan fingerprint density at radius 1 is 1.42 bits per heavy atom. The Hall–Kier alpha value is -2.06. The maximum absolute atomic E-state index is 12.5. The summed E-state index contributed by atoms with van der Waals surface area (Å²) in [6.45, 7) is 6.91. The van der Waals surface area contributed by atoms with Gasteiger partial charge in [-0.2, -0.15) is 5.26 Å². The zero-order chi connectivity index (χ0) is 17.7. The number of nitriles is 1. The first-order valence-electron chi connectivity index (χ1n) is 8.57. The first-order valence-corrected chi connectivity index (χ1v) is 8.57. The molecule has 0 spiro atoms. The number of hydrogen-bond donors (Lipinski definition) is 2. The van der Waals surface area contributed by atoms with Gasteiger partial charge >= 0.3 is 0 Å². The van der Waals surface area contributed by atoms with Crippen molar-refractivity contribution in [3.05, 3.63) is 29.8 Å². The predicted octanol–water partition coefficient (Wildman–Crippen LogP) is 1.30. The van der Waals surface area contributed by atoms with Gasteiger partial charge in [-0.05, 0) is 37.1 Å². The van der Waals surface area contributed by atoms with Crippen molar-refractivity contribution in [2.24, 2.45) is 5.92 Å². The number of hydrogen-bond acceptors (Lipinski definition) is 3. The molecule has 1 aromatic rings. The predicted molar refractivity (Wildman–Crippen MR) is 92.5 cm³/mol. The summed E-state index contributed by atoms with van der Waals surface area (Å²) >= 11 is 0. The van der Waals surface area contributed by atoms with Gasteiger partial charge in [0.2, 0.25) is 0 Å². The van der Waals surface area contributed by atoms with Crippen LogP contribution in [0.25, 0.3) is 0 Å². The Bertz CT molecular complexity index is 602. The molecule has 0 bridgehead atoms. The number of nitrogens with zero attached hydrogens (tertiary/aromatic N) is 1. The lowest BCUT2D eigenvalue weighted by molar-refractivity contribution is -0.917. The van der Waals surface area contributed by atoms with E-state index in [4.69, 9.17) is 4.74 Å². The highest BCUT2D eigenvalue weighted by molar-refractivity contribution is 5.78. The molecule has 1 aliphatic rings. The second-order valence-corrected chi connectivity index (χ2v) is 7.15. The third kappa shape index (κ3) is 4.72. The van der Waals surface area contributed by atoms with Crippen LogP contribution in [0.3, 0.4) is 0 Å². The average Bonchev–Trinajstić information content (AvgIpc) is 3.39. The van der Waals surface area contributed by atoms with Gasteiger partial charge in [-0.1, -0.05) is 13.8 Å². The molecule has 24 heavy (non-hydrogen) atoms. The van der Waals surface area contributed by atoms with Crippen molar-refractivity contribution in [1.29, 1.82) is 5.26 Å². The molecule has 2 atom stereocenters. The van der Waals surface area contributed by atoms with Crippen molar-refractivity contribution >= 4 is 5.91 Å². The molecule has 130 valence electrons. The Morgan fingerprint density at radius 2 is 2.04 bits per heavy atom. The molecular formula is C19H28N3O2+. The quantitative estimate of drug-likeness (QED) is 0.755. The minimum atomic E-state index is -0.814. The van der Waals surface area contributed by atoms with Crippen LogP contribution in [0.4, 0.5) is 0 Å². The van der Waals surface area contributed by atoms with Crippen LogP contribution in [0.1, 0.15) is 39.2 Å². The van der Waals surface area contributed by atoms with E-state index in [0.29, 0.717) is 12.6 Å². The second-order valence-electron chi connectivity index (χ2n) is 7.15. The molecule has 5 nitrogen and oxygen atoms in total. The maximum Gasteiger partial charge on any atom is 0.276 e. The van der Waals surface area contributed by atoms with E-state index in [-0.39, 0.29) is 11.8 Å². The average molecular weight is 330 g/mol. The summed E-state index contributed by atoms with van der Waals surface area (Å²) in [5.41, 5.74) is 0.378. The maximum atomic E-state index is 12.5. The van der Waals surface area contributed by atoms with Gasteiger partial charge in [0.1, 0.15) is 17.8 Å². The standard InChI is InChI=1S/C19H27N3O2/c1-14(2)19(3,13-20)21-18(23)12-22(16-7-8-16)11-15-5-9-17(24-4)10-6-15/h5-6,9-10,14,16H,7-8,11-12H2,1-4H3,(H,21,23)/p+1/t19-/m0/s1. The lowest BCUT2D eigenvalue weighted by Gasteiger charge is -2.28. The van der Waals surface area contributed by atoms with Crippen molar-refractivity contribution in [3.8, 4) is 11.8 Å². The number of methoxy groups -OCH3 is 1. The molecule has 0 saturated heterocycles. The molecule has 0 heterocycles. The second kappa shape index (κ2) is 7.67.